The van der Waals surface area contributed by atoms with Crippen molar-refractivity contribution in [2.24, 2.45) is 0 Å². The van der Waals surface area contributed by atoms with Gasteiger partial charge in [-0.25, -0.2) is 14.6 Å². The highest BCUT2D eigenvalue weighted by molar-refractivity contribution is 5.93. The Morgan fingerprint density at radius 2 is 2.19 bits per heavy atom. The van der Waals surface area contributed by atoms with E-state index in [1.807, 2.05) is 19.9 Å². The van der Waals surface area contributed by atoms with Gasteiger partial charge < -0.3 is 20.1 Å². The molecule has 1 aliphatic rings. The van der Waals surface area contributed by atoms with Crippen LogP contribution in [0.5, 0.6) is 5.88 Å². The van der Waals surface area contributed by atoms with Gasteiger partial charge in [0.05, 0.1) is 12.6 Å². The number of carbonyl (C=O) groups excluding carboxylic acids is 2. The summed E-state index contributed by atoms with van der Waals surface area (Å²) in [4.78, 5) is 29.6. The van der Waals surface area contributed by atoms with Crippen LogP contribution < -0.4 is 20.3 Å². The molecule has 1 aromatic heterocycles. The van der Waals surface area contributed by atoms with E-state index in [9.17, 15) is 9.59 Å². The van der Waals surface area contributed by atoms with Crippen LogP contribution in [-0.4, -0.2) is 36.4 Å². The van der Waals surface area contributed by atoms with Crippen molar-refractivity contribution < 1.29 is 19.1 Å². The lowest BCUT2D eigenvalue weighted by Crippen LogP contribution is -2.29. The predicted octanol–water partition coefficient (Wildman–Crippen LogP) is 3.15. The third-order valence-electron chi connectivity index (χ3n) is 3.81. The number of ether oxygens (including phenoxy) is 2. The average Bonchev–Trinajstić information content (AvgIpc) is 3.07. The SMILES string of the molecule is CC(C)Oc1ncccc1CNC(=O)Nc1cccc(N2CCOC2=O)c1. The van der Waals surface area contributed by atoms with Crippen molar-refractivity contribution in [3.8, 4) is 5.88 Å². The maximum absolute atomic E-state index is 12.2. The van der Waals surface area contributed by atoms with Gasteiger partial charge >= 0.3 is 12.1 Å². The summed E-state index contributed by atoms with van der Waals surface area (Å²) >= 11 is 0. The van der Waals surface area contributed by atoms with Crippen LogP contribution in [0, 0.1) is 0 Å². The van der Waals surface area contributed by atoms with Gasteiger partial charge in [-0.1, -0.05) is 12.1 Å². The van der Waals surface area contributed by atoms with Crippen LogP contribution in [0.3, 0.4) is 0 Å². The largest absolute Gasteiger partial charge is 0.475 e. The van der Waals surface area contributed by atoms with Gasteiger partial charge in [0.2, 0.25) is 5.88 Å². The second-order valence-electron chi connectivity index (χ2n) is 6.26. The molecule has 1 aromatic carbocycles. The minimum Gasteiger partial charge on any atom is -0.475 e. The number of cyclic esters (lactones) is 1. The first-order valence-electron chi connectivity index (χ1n) is 8.72. The molecule has 0 radical (unpaired) electrons. The zero-order valence-electron chi connectivity index (χ0n) is 15.3. The number of nitrogens with one attached hydrogen (secondary N) is 2. The van der Waals surface area contributed by atoms with Crippen LogP contribution in [-0.2, 0) is 11.3 Å². The Bertz CT molecular complexity index is 825. The van der Waals surface area contributed by atoms with E-state index in [0.29, 0.717) is 30.4 Å². The minimum absolute atomic E-state index is 0.00695. The highest BCUT2D eigenvalue weighted by Gasteiger charge is 2.23. The van der Waals surface area contributed by atoms with Gasteiger partial charge in [-0.05, 0) is 38.1 Å². The molecule has 0 spiro atoms. The Kier molecular flexibility index (Phi) is 5.75. The average molecular weight is 370 g/mol. The molecule has 1 fully saturated rings. The Morgan fingerprint density at radius 1 is 1.33 bits per heavy atom. The molecule has 0 bridgehead atoms. The van der Waals surface area contributed by atoms with Crippen LogP contribution in [0.2, 0.25) is 0 Å². The summed E-state index contributed by atoms with van der Waals surface area (Å²) in [5.41, 5.74) is 2.04. The van der Waals surface area contributed by atoms with Crippen molar-refractivity contribution >= 4 is 23.5 Å². The number of carbonyl (C=O) groups is 2. The molecule has 0 unspecified atom stereocenters. The quantitative estimate of drug-likeness (QED) is 0.815. The molecule has 8 heteroatoms. The zero-order chi connectivity index (χ0) is 19.2. The summed E-state index contributed by atoms with van der Waals surface area (Å²) in [5.74, 6) is 0.502. The van der Waals surface area contributed by atoms with Gasteiger partial charge in [-0.15, -0.1) is 0 Å². The summed E-state index contributed by atoms with van der Waals surface area (Å²) in [6, 6.07) is 10.3. The molecule has 2 aromatic rings. The van der Waals surface area contributed by atoms with E-state index in [0.717, 1.165) is 5.56 Å². The number of amides is 3. The molecule has 0 aliphatic carbocycles. The lowest BCUT2D eigenvalue weighted by molar-refractivity contribution is 0.181. The van der Waals surface area contributed by atoms with E-state index < -0.39 is 0 Å². The van der Waals surface area contributed by atoms with Gasteiger partial charge in [0, 0.05) is 29.7 Å². The lowest BCUT2D eigenvalue weighted by Gasteiger charge is -2.15. The van der Waals surface area contributed by atoms with Gasteiger partial charge in [-0.2, -0.15) is 0 Å². The molecule has 8 nitrogen and oxygen atoms in total. The van der Waals surface area contributed by atoms with Gasteiger partial charge in [0.1, 0.15) is 6.61 Å². The maximum Gasteiger partial charge on any atom is 0.414 e. The molecular weight excluding hydrogens is 348 g/mol. The number of urea groups is 1. The standard InChI is InChI=1S/C19H22N4O4/c1-13(2)27-17-14(5-4-8-20-17)12-21-18(24)22-15-6-3-7-16(11-15)23-9-10-26-19(23)25/h3-8,11,13H,9-10,12H2,1-2H3,(H2,21,22,24). The molecular formula is C19H22N4O4. The molecule has 3 amide bonds. The third-order valence-corrected chi connectivity index (χ3v) is 3.81. The molecule has 1 saturated heterocycles. The highest BCUT2D eigenvalue weighted by Crippen LogP contribution is 2.22. The van der Waals surface area contributed by atoms with Crippen molar-refractivity contribution in [2.45, 2.75) is 26.5 Å². The first-order valence-corrected chi connectivity index (χ1v) is 8.72. The molecule has 1 aliphatic heterocycles. The number of rotatable bonds is 6. The van der Waals surface area contributed by atoms with Crippen LogP contribution in [0.15, 0.2) is 42.6 Å². The number of hydrogen-bond donors (Lipinski definition) is 2. The number of aromatic nitrogens is 1. The van der Waals surface area contributed by atoms with E-state index in [1.54, 1.807) is 36.5 Å². The van der Waals surface area contributed by atoms with Crippen molar-refractivity contribution in [1.29, 1.82) is 0 Å². The monoisotopic (exact) mass is 370 g/mol. The molecule has 2 N–H and O–H groups in total. The van der Waals surface area contributed by atoms with Crippen molar-refractivity contribution in [2.75, 3.05) is 23.4 Å². The van der Waals surface area contributed by atoms with Gasteiger partial charge in [0.25, 0.3) is 0 Å². The number of anilines is 2. The Morgan fingerprint density at radius 3 is 2.93 bits per heavy atom. The molecule has 27 heavy (non-hydrogen) atoms. The summed E-state index contributed by atoms with van der Waals surface area (Å²) in [6.45, 7) is 4.97. The van der Waals surface area contributed by atoms with Gasteiger partial charge in [-0.3, -0.25) is 4.90 Å². The molecule has 0 saturated carbocycles. The maximum atomic E-state index is 12.2. The van der Waals surface area contributed by atoms with Crippen molar-refractivity contribution in [1.82, 2.24) is 10.3 Å². The number of nitrogens with zero attached hydrogens (tertiary/aromatic N) is 2. The Labute approximate surface area is 157 Å². The third kappa shape index (κ3) is 4.87. The summed E-state index contributed by atoms with van der Waals surface area (Å²) in [6.07, 6.45) is 1.26. The van der Waals surface area contributed by atoms with Crippen LogP contribution in [0.1, 0.15) is 19.4 Å². The first-order chi connectivity index (χ1) is 13.0. The fraction of sp³-hybridized carbons (Fsp3) is 0.316. The normalized spacial score (nSPS) is 13.4. The molecule has 142 valence electrons. The van der Waals surface area contributed by atoms with E-state index >= 15 is 0 Å². The van der Waals surface area contributed by atoms with Crippen LogP contribution in [0.25, 0.3) is 0 Å². The Balaban J connectivity index is 1.59. The van der Waals surface area contributed by atoms with E-state index in [4.69, 9.17) is 9.47 Å². The first kappa shape index (κ1) is 18.5. The summed E-state index contributed by atoms with van der Waals surface area (Å²) in [5, 5.41) is 5.54. The number of pyridine rings is 1. The van der Waals surface area contributed by atoms with Crippen molar-refractivity contribution in [3.63, 3.8) is 0 Å². The topological polar surface area (TPSA) is 92.8 Å². The molecule has 2 heterocycles. The number of hydrogen-bond acceptors (Lipinski definition) is 5. The highest BCUT2D eigenvalue weighted by atomic mass is 16.6. The summed E-state index contributed by atoms with van der Waals surface area (Å²) in [7, 11) is 0. The van der Waals surface area contributed by atoms with Crippen LogP contribution in [0.4, 0.5) is 21.0 Å². The Hall–Kier alpha value is -3.29. The minimum atomic E-state index is -0.383. The summed E-state index contributed by atoms with van der Waals surface area (Å²) < 4.78 is 10.6. The second kappa shape index (κ2) is 8.39. The van der Waals surface area contributed by atoms with E-state index in [1.165, 1.54) is 4.90 Å². The van der Waals surface area contributed by atoms with Gasteiger partial charge in [0.15, 0.2) is 0 Å². The fourth-order valence-electron chi connectivity index (χ4n) is 2.62. The lowest BCUT2D eigenvalue weighted by atomic mass is 10.2. The van der Waals surface area contributed by atoms with Crippen molar-refractivity contribution in [3.05, 3.63) is 48.2 Å². The van der Waals surface area contributed by atoms with E-state index in [-0.39, 0.29) is 24.8 Å². The second-order valence-corrected chi connectivity index (χ2v) is 6.26. The molecule has 3 rings (SSSR count). The zero-order valence-corrected chi connectivity index (χ0v) is 15.3. The smallest absolute Gasteiger partial charge is 0.414 e. The number of benzene rings is 1. The van der Waals surface area contributed by atoms with E-state index in [2.05, 4.69) is 15.6 Å². The molecule has 0 atom stereocenters. The fourth-order valence-corrected chi connectivity index (χ4v) is 2.62. The predicted molar refractivity (Wildman–Crippen MR) is 101 cm³/mol. The van der Waals surface area contributed by atoms with Crippen LogP contribution >= 0.6 is 0 Å².